The van der Waals surface area contributed by atoms with Crippen molar-refractivity contribution in [1.29, 1.82) is 0 Å². The molecule has 1 fully saturated rings. The van der Waals surface area contributed by atoms with E-state index in [1.54, 1.807) is 59.4 Å². The van der Waals surface area contributed by atoms with Gasteiger partial charge in [0, 0.05) is 37.2 Å². The van der Waals surface area contributed by atoms with Crippen molar-refractivity contribution in [2.75, 3.05) is 0 Å². The van der Waals surface area contributed by atoms with Gasteiger partial charge >= 0.3 is 0 Å². The zero-order chi connectivity index (χ0) is 21.3. The average molecular weight is 427 g/mol. The van der Waals surface area contributed by atoms with E-state index in [4.69, 9.17) is 0 Å². The van der Waals surface area contributed by atoms with Gasteiger partial charge in [-0.25, -0.2) is 13.4 Å². The summed E-state index contributed by atoms with van der Waals surface area (Å²) in [5.74, 6) is -0.194. The van der Waals surface area contributed by atoms with E-state index in [0.717, 1.165) is 11.2 Å². The number of amides is 1. The average Bonchev–Trinajstić information content (AvgIpc) is 3.19. The third-order valence-electron chi connectivity index (χ3n) is 5.60. The topological polar surface area (TPSA) is 92.6 Å². The van der Waals surface area contributed by atoms with Gasteiger partial charge in [-0.05, 0) is 56.5 Å². The Labute approximate surface area is 176 Å². The highest BCUT2D eigenvalue weighted by molar-refractivity contribution is 7.92. The number of rotatable bonds is 5. The minimum absolute atomic E-state index is 0.185. The van der Waals surface area contributed by atoms with E-state index in [9.17, 15) is 13.2 Å². The molecule has 0 radical (unpaired) electrons. The van der Waals surface area contributed by atoms with E-state index in [1.165, 1.54) is 0 Å². The van der Waals surface area contributed by atoms with Crippen molar-refractivity contribution in [3.63, 3.8) is 0 Å². The van der Waals surface area contributed by atoms with Gasteiger partial charge < -0.3 is 15.0 Å². The third-order valence-corrected chi connectivity index (χ3v) is 7.79. The summed E-state index contributed by atoms with van der Waals surface area (Å²) in [5, 5.41) is 5.89. The zero-order valence-electron chi connectivity index (χ0n) is 17.1. The molecule has 158 valence electrons. The highest BCUT2D eigenvalue weighted by Crippen LogP contribution is 2.26. The Bertz CT molecular complexity index is 1140. The summed E-state index contributed by atoms with van der Waals surface area (Å²) in [6.45, 7) is 4.37. The monoisotopic (exact) mass is 426 g/mol. The lowest BCUT2D eigenvalue weighted by molar-refractivity contribution is 0.0950. The number of hydrogen-bond acceptors (Lipinski definition) is 5. The predicted octanol–water partition coefficient (Wildman–Crippen LogP) is 2.57. The van der Waals surface area contributed by atoms with E-state index >= 15 is 0 Å². The highest BCUT2D eigenvalue weighted by Gasteiger charge is 2.34. The number of benzene rings is 1. The molecule has 1 unspecified atom stereocenters. The van der Waals surface area contributed by atoms with Crippen LogP contribution in [0.15, 0.2) is 59.9 Å². The molecule has 8 heteroatoms. The first-order chi connectivity index (χ1) is 14.3. The summed E-state index contributed by atoms with van der Waals surface area (Å²) in [4.78, 5) is 16.9. The van der Waals surface area contributed by atoms with Crippen LogP contribution in [0.1, 0.15) is 42.6 Å². The van der Waals surface area contributed by atoms with E-state index in [1.807, 2.05) is 13.8 Å². The highest BCUT2D eigenvalue weighted by atomic mass is 32.2. The van der Waals surface area contributed by atoms with Gasteiger partial charge in [0.2, 0.25) is 0 Å². The molecule has 1 aliphatic heterocycles. The van der Waals surface area contributed by atoms with Crippen molar-refractivity contribution < 1.29 is 13.2 Å². The Kier molecular flexibility index (Phi) is 5.62. The molecule has 0 spiro atoms. The Hall–Kier alpha value is -2.71. The lowest BCUT2D eigenvalue weighted by Gasteiger charge is -2.32. The molecule has 30 heavy (non-hydrogen) atoms. The molecule has 2 N–H and O–H groups in total. The predicted molar refractivity (Wildman–Crippen MR) is 115 cm³/mol. The van der Waals surface area contributed by atoms with Gasteiger partial charge in [0.25, 0.3) is 5.91 Å². The minimum Gasteiger partial charge on any atom is -0.348 e. The summed E-state index contributed by atoms with van der Waals surface area (Å²) < 4.78 is 27.8. The van der Waals surface area contributed by atoms with Gasteiger partial charge in [0.05, 0.1) is 15.7 Å². The molecule has 2 aromatic heterocycles. The van der Waals surface area contributed by atoms with Crippen LogP contribution in [0.3, 0.4) is 0 Å². The Morgan fingerprint density at radius 2 is 1.83 bits per heavy atom. The van der Waals surface area contributed by atoms with Crippen molar-refractivity contribution in [3.05, 3.63) is 66.1 Å². The molecular weight excluding hydrogens is 400 g/mol. The van der Waals surface area contributed by atoms with Crippen LogP contribution in [-0.2, 0) is 16.4 Å². The maximum Gasteiger partial charge on any atom is 0.253 e. The number of nitrogens with one attached hydrogen (secondary N) is 2. The first kappa shape index (κ1) is 20.6. The first-order valence-corrected chi connectivity index (χ1v) is 11.7. The van der Waals surface area contributed by atoms with Gasteiger partial charge in [0.1, 0.15) is 5.65 Å². The molecule has 1 aromatic carbocycles. The molecule has 3 aromatic rings. The standard InChI is InChI=1S/C22H26N4O3S/c1-15-11-20(12-16(2)25-15)30(28,29)19-6-3-17(4-7-19)13-24-22(27)18-5-8-21-23-9-10-26(21)14-18/h3-10,14-16,20,25H,11-13H2,1-2H3,(H,24,27)/t15-,16+,20?. The number of pyridine rings is 1. The number of hydrogen-bond donors (Lipinski definition) is 2. The first-order valence-electron chi connectivity index (χ1n) is 10.1. The number of imidazole rings is 1. The van der Waals surface area contributed by atoms with Crippen LogP contribution in [0.5, 0.6) is 0 Å². The van der Waals surface area contributed by atoms with Crippen LogP contribution >= 0.6 is 0 Å². The Morgan fingerprint density at radius 1 is 1.13 bits per heavy atom. The van der Waals surface area contributed by atoms with Crippen molar-refractivity contribution in [1.82, 2.24) is 20.0 Å². The summed E-state index contributed by atoms with van der Waals surface area (Å²) in [5.41, 5.74) is 2.16. The summed E-state index contributed by atoms with van der Waals surface area (Å²) in [6, 6.07) is 10.7. The minimum atomic E-state index is -3.37. The SMILES string of the molecule is C[C@@H]1CC(S(=O)(=O)c2ccc(CNC(=O)c3ccc4nccn4c3)cc2)C[C@H](C)N1. The van der Waals surface area contributed by atoms with E-state index in [0.29, 0.717) is 29.8 Å². The molecular formula is C22H26N4O3S. The molecule has 7 nitrogen and oxygen atoms in total. The zero-order valence-corrected chi connectivity index (χ0v) is 17.9. The molecule has 1 aliphatic rings. The van der Waals surface area contributed by atoms with Gasteiger partial charge in [0.15, 0.2) is 9.84 Å². The van der Waals surface area contributed by atoms with Crippen LogP contribution in [0.4, 0.5) is 0 Å². The van der Waals surface area contributed by atoms with Crippen LogP contribution < -0.4 is 10.6 Å². The number of fused-ring (bicyclic) bond motifs is 1. The summed E-state index contributed by atoms with van der Waals surface area (Å²) >= 11 is 0. The second kappa shape index (κ2) is 8.20. The molecule has 4 rings (SSSR count). The molecule has 0 saturated carbocycles. The number of sulfone groups is 1. The van der Waals surface area contributed by atoms with E-state index < -0.39 is 9.84 Å². The number of carbonyl (C=O) groups is 1. The fourth-order valence-corrected chi connectivity index (χ4v) is 6.07. The molecule has 0 bridgehead atoms. The lowest BCUT2D eigenvalue weighted by atomic mass is 10.0. The van der Waals surface area contributed by atoms with Gasteiger partial charge in [-0.15, -0.1) is 0 Å². The third kappa shape index (κ3) is 4.24. The van der Waals surface area contributed by atoms with Crippen LogP contribution in [-0.4, -0.2) is 41.0 Å². The molecule has 3 atom stereocenters. The van der Waals surface area contributed by atoms with Crippen LogP contribution in [0, 0.1) is 0 Å². The maximum atomic E-state index is 13.0. The fourth-order valence-electron chi connectivity index (χ4n) is 4.09. The van der Waals surface area contributed by atoms with E-state index in [2.05, 4.69) is 15.6 Å². The van der Waals surface area contributed by atoms with Crippen molar-refractivity contribution in [2.24, 2.45) is 0 Å². The fraction of sp³-hybridized carbons (Fsp3) is 0.364. The molecule has 1 saturated heterocycles. The van der Waals surface area contributed by atoms with Gasteiger partial charge in [-0.1, -0.05) is 12.1 Å². The molecule has 1 amide bonds. The van der Waals surface area contributed by atoms with Crippen molar-refractivity contribution in [2.45, 2.75) is 55.5 Å². The second-order valence-electron chi connectivity index (χ2n) is 8.04. The second-order valence-corrected chi connectivity index (χ2v) is 10.3. The number of carbonyl (C=O) groups excluding carboxylic acids is 1. The number of piperidine rings is 1. The quantitative estimate of drug-likeness (QED) is 0.654. The molecule has 3 heterocycles. The smallest absolute Gasteiger partial charge is 0.253 e. The largest absolute Gasteiger partial charge is 0.348 e. The van der Waals surface area contributed by atoms with Gasteiger partial charge in [-0.3, -0.25) is 4.79 Å². The molecule has 0 aliphatic carbocycles. The van der Waals surface area contributed by atoms with Crippen molar-refractivity contribution in [3.8, 4) is 0 Å². The van der Waals surface area contributed by atoms with Crippen molar-refractivity contribution >= 4 is 21.4 Å². The number of nitrogens with zero attached hydrogens (tertiary/aromatic N) is 2. The Morgan fingerprint density at radius 3 is 2.53 bits per heavy atom. The normalized spacial score (nSPS) is 22.1. The lowest BCUT2D eigenvalue weighted by Crippen LogP contribution is -2.46. The maximum absolute atomic E-state index is 13.0. The van der Waals surface area contributed by atoms with Crippen LogP contribution in [0.2, 0.25) is 0 Å². The van der Waals surface area contributed by atoms with Gasteiger partial charge in [-0.2, -0.15) is 0 Å². The van der Waals surface area contributed by atoms with E-state index in [-0.39, 0.29) is 23.2 Å². The summed E-state index contributed by atoms with van der Waals surface area (Å²) in [7, 11) is -3.37. The van der Waals surface area contributed by atoms with Crippen LogP contribution in [0.25, 0.3) is 5.65 Å². The summed E-state index contributed by atoms with van der Waals surface area (Å²) in [6.07, 6.45) is 6.43. The Balaban J connectivity index is 1.41. The number of aromatic nitrogens is 2.